The van der Waals surface area contributed by atoms with Gasteiger partial charge in [-0.05, 0) is 25.1 Å². The van der Waals surface area contributed by atoms with Crippen LogP contribution in [-0.2, 0) is 4.79 Å². The topological polar surface area (TPSA) is 46.2 Å². The molecule has 0 heterocycles. The Morgan fingerprint density at radius 1 is 1.05 bits per heavy atom. The predicted molar refractivity (Wildman–Crippen MR) is 78.3 cm³/mol. The Morgan fingerprint density at radius 2 is 1.74 bits per heavy atom. The molecule has 1 amide bonds. The maximum atomic E-state index is 11.9. The van der Waals surface area contributed by atoms with E-state index in [1.165, 1.54) is 0 Å². The molecular formula is C15H12BrNO2. The Bertz CT molecular complexity index is 620. The van der Waals surface area contributed by atoms with Crippen LogP contribution in [0.5, 0.6) is 0 Å². The molecule has 1 N–H and O–H groups in total. The highest BCUT2D eigenvalue weighted by Gasteiger charge is 2.15. The number of nitrogens with one attached hydrogen (secondary N) is 1. The molecule has 2 rings (SSSR count). The van der Waals surface area contributed by atoms with Gasteiger partial charge in [-0.1, -0.05) is 51.8 Å². The summed E-state index contributed by atoms with van der Waals surface area (Å²) in [6, 6.07) is 14.0. The maximum absolute atomic E-state index is 11.9. The van der Waals surface area contributed by atoms with Crippen molar-refractivity contribution in [1.29, 1.82) is 0 Å². The average molecular weight is 318 g/mol. The Labute approximate surface area is 119 Å². The largest absolute Gasteiger partial charge is 0.319 e. The van der Waals surface area contributed by atoms with Crippen LogP contribution in [0.4, 0.5) is 5.69 Å². The molecule has 0 aliphatic carbocycles. The van der Waals surface area contributed by atoms with Crippen molar-refractivity contribution in [1.82, 2.24) is 0 Å². The quantitative estimate of drug-likeness (QED) is 0.694. The molecule has 0 radical (unpaired) electrons. The summed E-state index contributed by atoms with van der Waals surface area (Å²) in [5.41, 5.74) is 2.02. The van der Waals surface area contributed by atoms with Crippen LogP contribution in [0.3, 0.4) is 0 Å². The fraction of sp³-hybridized carbons (Fsp3) is 0.0667. The molecule has 4 heteroatoms. The first-order chi connectivity index (χ1) is 9.06. The molecule has 0 saturated carbocycles. The van der Waals surface area contributed by atoms with Gasteiger partial charge in [0.25, 0.3) is 11.7 Å². The standard InChI is InChI=1S/C15H12BrNO2/c1-10-5-7-11(8-6-10)14(18)15(19)17-13-4-2-3-12(16)9-13/h2-9H,1H3,(H,17,19). The summed E-state index contributed by atoms with van der Waals surface area (Å²) < 4.78 is 0.841. The number of halogens is 1. The van der Waals surface area contributed by atoms with Crippen LogP contribution in [0, 0.1) is 6.92 Å². The summed E-state index contributed by atoms with van der Waals surface area (Å²) in [6.07, 6.45) is 0. The zero-order chi connectivity index (χ0) is 13.8. The molecule has 0 aromatic heterocycles. The molecule has 0 bridgehead atoms. The maximum Gasteiger partial charge on any atom is 0.296 e. The molecule has 96 valence electrons. The molecule has 2 aromatic rings. The molecule has 19 heavy (non-hydrogen) atoms. The lowest BCUT2D eigenvalue weighted by molar-refractivity contribution is -0.112. The zero-order valence-corrected chi connectivity index (χ0v) is 11.9. The Balaban J connectivity index is 2.12. The normalized spacial score (nSPS) is 10.0. The van der Waals surface area contributed by atoms with Crippen LogP contribution in [0.2, 0.25) is 0 Å². The summed E-state index contributed by atoms with van der Waals surface area (Å²) in [5.74, 6) is -1.18. The van der Waals surface area contributed by atoms with E-state index in [1.54, 1.807) is 42.5 Å². The van der Waals surface area contributed by atoms with Crippen molar-refractivity contribution >= 4 is 33.3 Å². The molecular weight excluding hydrogens is 306 g/mol. The van der Waals surface area contributed by atoms with E-state index >= 15 is 0 Å². The number of hydrogen-bond acceptors (Lipinski definition) is 2. The highest BCUT2D eigenvalue weighted by Crippen LogP contribution is 2.16. The molecule has 0 saturated heterocycles. The first-order valence-electron chi connectivity index (χ1n) is 5.74. The van der Waals surface area contributed by atoms with Crippen LogP contribution < -0.4 is 5.32 Å². The lowest BCUT2D eigenvalue weighted by atomic mass is 10.1. The summed E-state index contributed by atoms with van der Waals surface area (Å²) in [6.45, 7) is 1.93. The van der Waals surface area contributed by atoms with Crippen molar-refractivity contribution < 1.29 is 9.59 Å². The molecule has 3 nitrogen and oxygen atoms in total. The number of carbonyl (C=O) groups excluding carboxylic acids is 2. The van der Waals surface area contributed by atoms with E-state index in [2.05, 4.69) is 21.2 Å². The lowest BCUT2D eigenvalue weighted by Crippen LogP contribution is -2.22. The number of aryl methyl sites for hydroxylation is 1. The first kappa shape index (κ1) is 13.5. The van der Waals surface area contributed by atoms with Crippen molar-refractivity contribution in [3.8, 4) is 0 Å². The minimum absolute atomic E-state index is 0.387. The highest BCUT2D eigenvalue weighted by atomic mass is 79.9. The van der Waals surface area contributed by atoms with E-state index in [1.807, 2.05) is 13.0 Å². The molecule has 0 fully saturated rings. The van der Waals surface area contributed by atoms with Gasteiger partial charge in [-0.15, -0.1) is 0 Å². The smallest absolute Gasteiger partial charge is 0.296 e. The van der Waals surface area contributed by atoms with E-state index < -0.39 is 11.7 Å². The van der Waals surface area contributed by atoms with E-state index in [4.69, 9.17) is 0 Å². The van der Waals surface area contributed by atoms with Gasteiger partial charge >= 0.3 is 0 Å². The Morgan fingerprint density at radius 3 is 2.37 bits per heavy atom. The van der Waals surface area contributed by atoms with E-state index in [-0.39, 0.29) is 0 Å². The van der Waals surface area contributed by atoms with Crippen molar-refractivity contribution in [3.05, 3.63) is 64.1 Å². The number of hydrogen-bond donors (Lipinski definition) is 1. The Kier molecular flexibility index (Phi) is 4.12. The fourth-order valence-electron chi connectivity index (χ4n) is 1.59. The van der Waals surface area contributed by atoms with Gasteiger partial charge in [-0.2, -0.15) is 0 Å². The second-order valence-electron chi connectivity index (χ2n) is 4.16. The highest BCUT2D eigenvalue weighted by molar-refractivity contribution is 9.10. The number of amides is 1. The van der Waals surface area contributed by atoms with Gasteiger partial charge in [-0.3, -0.25) is 9.59 Å². The molecule has 0 spiro atoms. The summed E-state index contributed by atoms with van der Waals surface area (Å²) in [7, 11) is 0. The van der Waals surface area contributed by atoms with Crippen molar-refractivity contribution in [2.24, 2.45) is 0 Å². The zero-order valence-electron chi connectivity index (χ0n) is 10.3. The van der Waals surface area contributed by atoms with E-state index in [9.17, 15) is 9.59 Å². The fourth-order valence-corrected chi connectivity index (χ4v) is 1.99. The number of ketones is 1. The van der Waals surface area contributed by atoms with Crippen molar-refractivity contribution in [2.75, 3.05) is 5.32 Å². The van der Waals surface area contributed by atoms with Gasteiger partial charge in [0.05, 0.1) is 0 Å². The third-order valence-electron chi connectivity index (χ3n) is 2.60. The average Bonchev–Trinajstić information content (AvgIpc) is 2.39. The van der Waals surface area contributed by atoms with Crippen LogP contribution in [0.1, 0.15) is 15.9 Å². The third-order valence-corrected chi connectivity index (χ3v) is 3.10. The van der Waals surface area contributed by atoms with Gasteiger partial charge in [-0.25, -0.2) is 0 Å². The van der Waals surface area contributed by atoms with E-state index in [0.29, 0.717) is 11.3 Å². The number of carbonyl (C=O) groups is 2. The van der Waals surface area contributed by atoms with Crippen LogP contribution >= 0.6 is 15.9 Å². The second kappa shape index (κ2) is 5.80. The van der Waals surface area contributed by atoms with Crippen LogP contribution in [0.25, 0.3) is 0 Å². The van der Waals surface area contributed by atoms with Gasteiger partial charge in [0.1, 0.15) is 0 Å². The SMILES string of the molecule is Cc1ccc(C(=O)C(=O)Nc2cccc(Br)c2)cc1. The first-order valence-corrected chi connectivity index (χ1v) is 6.53. The number of benzene rings is 2. The number of Topliss-reactive ketones (excluding diaryl/α,β-unsaturated/α-hetero) is 1. The van der Waals surface area contributed by atoms with Crippen molar-refractivity contribution in [2.45, 2.75) is 6.92 Å². The van der Waals surface area contributed by atoms with Gasteiger partial charge < -0.3 is 5.32 Å². The summed E-state index contributed by atoms with van der Waals surface area (Å²) >= 11 is 3.31. The lowest BCUT2D eigenvalue weighted by Gasteiger charge is -2.05. The third kappa shape index (κ3) is 3.51. The molecule has 2 aromatic carbocycles. The monoisotopic (exact) mass is 317 g/mol. The van der Waals surface area contributed by atoms with Crippen molar-refractivity contribution in [3.63, 3.8) is 0 Å². The van der Waals surface area contributed by atoms with Gasteiger partial charge in [0.15, 0.2) is 0 Å². The van der Waals surface area contributed by atoms with Crippen LogP contribution in [-0.4, -0.2) is 11.7 Å². The van der Waals surface area contributed by atoms with E-state index in [0.717, 1.165) is 10.0 Å². The molecule has 0 aliphatic rings. The van der Waals surface area contributed by atoms with Gasteiger partial charge in [0.2, 0.25) is 0 Å². The Hall–Kier alpha value is -1.94. The number of anilines is 1. The van der Waals surface area contributed by atoms with Gasteiger partial charge in [0, 0.05) is 15.7 Å². The molecule has 0 aliphatic heterocycles. The summed E-state index contributed by atoms with van der Waals surface area (Å²) in [4.78, 5) is 23.8. The van der Waals surface area contributed by atoms with Crippen LogP contribution in [0.15, 0.2) is 53.0 Å². The predicted octanol–water partition coefficient (Wildman–Crippen LogP) is 3.58. The molecule has 0 unspecified atom stereocenters. The molecule has 0 atom stereocenters. The minimum atomic E-state index is -0.637. The summed E-state index contributed by atoms with van der Waals surface area (Å²) in [5, 5.41) is 2.58. The number of rotatable bonds is 3. The minimum Gasteiger partial charge on any atom is -0.319 e. The second-order valence-corrected chi connectivity index (χ2v) is 5.08.